The van der Waals surface area contributed by atoms with Gasteiger partial charge in [0.1, 0.15) is 17.1 Å². The fraction of sp³-hybridized carbons (Fsp3) is 0.312. The van der Waals surface area contributed by atoms with E-state index in [4.69, 9.17) is 14.2 Å². The lowest BCUT2D eigenvalue weighted by atomic mass is 10.0. The fourth-order valence-electron chi connectivity index (χ4n) is 4.43. The first-order chi connectivity index (χ1) is 19.2. The van der Waals surface area contributed by atoms with Gasteiger partial charge in [0, 0.05) is 30.3 Å². The van der Waals surface area contributed by atoms with Crippen LogP contribution in [0.4, 0.5) is 16.3 Å². The number of aromatic amines is 1. The predicted molar refractivity (Wildman–Crippen MR) is 157 cm³/mol. The average Bonchev–Trinajstić information content (AvgIpc) is 3.66. The summed E-state index contributed by atoms with van der Waals surface area (Å²) < 4.78 is 16.7. The molecule has 8 heteroatoms. The van der Waals surface area contributed by atoms with Crippen molar-refractivity contribution in [3.8, 4) is 33.9 Å². The minimum atomic E-state index is -0.655. The molecule has 8 nitrogen and oxygen atoms in total. The Hall–Kier alpha value is -4.30. The number of amides is 1. The van der Waals surface area contributed by atoms with Crippen LogP contribution in [-0.2, 0) is 11.3 Å². The number of carbonyl (C=O) groups is 1. The first-order valence-corrected chi connectivity index (χ1v) is 13.5. The minimum Gasteiger partial charge on any atom is -0.497 e. The molecule has 1 amide bonds. The minimum absolute atomic E-state index is 0.456. The summed E-state index contributed by atoms with van der Waals surface area (Å²) in [6.45, 7) is 6.31. The van der Waals surface area contributed by atoms with Gasteiger partial charge in [0.05, 0.1) is 25.6 Å². The molecule has 1 aromatic heterocycles. The van der Waals surface area contributed by atoms with Gasteiger partial charge >= 0.3 is 6.09 Å². The van der Waals surface area contributed by atoms with Crippen molar-refractivity contribution in [1.29, 1.82) is 0 Å². The van der Waals surface area contributed by atoms with Crippen LogP contribution in [0.1, 0.15) is 39.2 Å². The number of rotatable bonds is 9. The number of anilines is 2. The molecule has 0 bridgehead atoms. The zero-order chi connectivity index (χ0) is 28.3. The van der Waals surface area contributed by atoms with Crippen molar-refractivity contribution in [3.05, 3.63) is 78.4 Å². The molecule has 4 aromatic rings. The van der Waals surface area contributed by atoms with Crippen LogP contribution < -0.4 is 19.7 Å². The molecular formula is C32H36N4O4. The Labute approximate surface area is 235 Å². The average molecular weight is 541 g/mol. The predicted octanol–water partition coefficient (Wildman–Crippen LogP) is 7.09. The third-order valence-corrected chi connectivity index (χ3v) is 6.63. The lowest BCUT2D eigenvalue weighted by Gasteiger charge is -2.26. The van der Waals surface area contributed by atoms with Crippen LogP contribution in [0.2, 0.25) is 0 Å². The number of nitrogens with zero attached hydrogens (tertiary/aromatic N) is 2. The van der Waals surface area contributed by atoms with Crippen LogP contribution >= 0.6 is 0 Å². The van der Waals surface area contributed by atoms with E-state index in [1.165, 1.54) is 17.7 Å². The molecule has 1 aliphatic carbocycles. The van der Waals surface area contributed by atoms with Crippen LogP contribution in [0.5, 0.6) is 11.5 Å². The summed E-state index contributed by atoms with van der Waals surface area (Å²) in [6.07, 6.45) is 1.95. The second-order valence-electron chi connectivity index (χ2n) is 10.9. The molecule has 5 rings (SSSR count). The molecule has 1 heterocycles. The topological polar surface area (TPSA) is 88.7 Å². The number of ether oxygens (including phenoxy) is 3. The van der Waals surface area contributed by atoms with Gasteiger partial charge in [0.25, 0.3) is 0 Å². The smallest absolute Gasteiger partial charge is 0.420 e. The SMILES string of the molecule is COc1ccc(-c2ccc(-c3cc(N(C(=O)OC(C)(C)C)c4cccc(CNC5CC5)c4)n[nH]3)cc2)c(OC)c1. The molecule has 0 radical (unpaired) electrons. The number of nitrogens with one attached hydrogen (secondary N) is 2. The summed E-state index contributed by atoms with van der Waals surface area (Å²) in [4.78, 5) is 14.9. The fourth-order valence-corrected chi connectivity index (χ4v) is 4.43. The van der Waals surface area contributed by atoms with Crippen molar-refractivity contribution >= 4 is 17.6 Å². The van der Waals surface area contributed by atoms with Crippen molar-refractivity contribution in [1.82, 2.24) is 15.5 Å². The molecule has 1 fully saturated rings. The van der Waals surface area contributed by atoms with E-state index in [1.807, 2.05) is 87.5 Å². The van der Waals surface area contributed by atoms with Crippen LogP contribution in [0.3, 0.4) is 0 Å². The van der Waals surface area contributed by atoms with E-state index in [0.29, 0.717) is 17.5 Å². The van der Waals surface area contributed by atoms with E-state index in [1.54, 1.807) is 14.2 Å². The molecule has 0 aliphatic heterocycles. The van der Waals surface area contributed by atoms with Gasteiger partial charge in [-0.3, -0.25) is 5.10 Å². The first-order valence-electron chi connectivity index (χ1n) is 13.5. The standard InChI is InChI=1S/C32H36N4O4/c1-32(2,3)40-31(37)36(25-8-6-7-21(17-25)20-33-24-13-14-24)30-19-28(34-35-30)23-11-9-22(10-12-23)27-16-15-26(38-4)18-29(27)39-5/h6-12,15-19,24,33H,13-14,20H2,1-5H3,(H,34,35). The van der Waals surface area contributed by atoms with E-state index in [0.717, 1.165) is 46.0 Å². The summed E-state index contributed by atoms with van der Waals surface area (Å²) in [6, 6.07) is 24.2. The van der Waals surface area contributed by atoms with Crippen LogP contribution in [0.25, 0.3) is 22.4 Å². The molecule has 0 spiro atoms. The van der Waals surface area contributed by atoms with Gasteiger partial charge < -0.3 is 19.5 Å². The van der Waals surface area contributed by atoms with Crippen LogP contribution in [0.15, 0.2) is 72.8 Å². The largest absolute Gasteiger partial charge is 0.497 e. The Morgan fingerprint density at radius 1 is 0.975 bits per heavy atom. The van der Waals surface area contributed by atoms with Crippen molar-refractivity contribution < 1.29 is 19.0 Å². The molecular weight excluding hydrogens is 504 g/mol. The van der Waals surface area contributed by atoms with Gasteiger partial charge in [0.2, 0.25) is 0 Å². The molecule has 3 aromatic carbocycles. The number of methoxy groups -OCH3 is 2. The lowest BCUT2D eigenvalue weighted by molar-refractivity contribution is 0.0598. The van der Waals surface area contributed by atoms with Gasteiger partial charge in [-0.15, -0.1) is 0 Å². The Bertz CT molecular complexity index is 1470. The third-order valence-electron chi connectivity index (χ3n) is 6.63. The second kappa shape index (κ2) is 11.4. The van der Waals surface area contributed by atoms with Gasteiger partial charge in [-0.05, 0) is 74.6 Å². The van der Waals surface area contributed by atoms with Crippen molar-refractivity contribution in [2.45, 2.75) is 51.8 Å². The lowest BCUT2D eigenvalue weighted by Crippen LogP contribution is -2.34. The molecule has 1 saturated carbocycles. The summed E-state index contributed by atoms with van der Waals surface area (Å²) in [7, 11) is 3.28. The van der Waals surface area contributed by atoms with Crippen LogP contribution in [-0.4, -0.2) is 42.2 Å². The third kappa shape index (κ3) is 6.46. The van der Waals surface area contributed by atoms with Crippen molar-refractivity contribution in [3.63, 3.8) is 0 Å². The quantitative estimate of drug-likeness (QED) is 0.236. The molecule has 0 unspecified atom stereocenters. The van der Waals surface area contributed by atoms with E-state index in [9.17, 15) is 4.79 Å². The number of H-pyrrole nitrogens is 1. The highest BCUT2D eigenvalue weighted by atomic mass is 16.6. The van der Waals surface area contributed by atoms with Gasteiger partial charge in [0.15, 0.2) is 5.82 Å². The van der Waals surface area contributed by atoms with E-state index >= 15 is 0 Å². The highest BCUT2D eigenvalue weighted by molar-refractivity contribution is 5.95. The monoisotopic (exact) mass is 540 g/mol. The molecule has 0 saturated heterocycles. The molecule has 2 N–H and O–H groups in total. The Morgan fingerprint density at radius 3 is 2.40 bits per heavy atom. The van der Waals surface area contributed by atoms with Gasteiger partial charge in [-0.25, -0.2) is 9.69 Å². The van der Waals surface area contributed by atoms with E-state index in [2.05, 4.69) is 21.6 Å². The van der Waals surface area contributed by atoms with E-state index in [-0.39, 0.29) is 0 Å². The highest BCUT2D eigenvalue weighted by Crippen LogP contribution is 2.35. The number of carbonyl (C=O) groups excluding carboxylic acids is 1. The van der Waals surface area contributed by atoms with Crippen LogP contribution in [0, 0.1) is 0 Å². The zero-order valence-corrected chi connectivity index (χ0v) is 23.7. The molecule has 1 aliphatic rings. The summed E-state index contributed by atoms with van der Waals surface area (Å²) in [5.74, 6) is 1.93. The van der Waals surface area contributed by atoms with Gasteiger partial charge in [-0.2, -0.15) is 5.10 Å². The first kappa shape index (κ1) is 27.3. The number of aromatic nitrogens is 2. The summed E-state index contributed by atoms with van der Waals surface area (Å²) in [5.41, 5.74) is 4.83. The maximum atomic E-state index is 13.4. The Morgan fingerprint density at radius 2 is 1.73 bits per heavy atom. The molecule has 40 heavy (non-hydrogen) atoms. The number of hydrogen-bond acceptors (Lipinski definition) is 6. The summed E-state index contributed by atoms with van der Waals surface area (Å²) >= 11 is 0. The van der Waals surface area contributed by atoms with Gasteiger partial charge in [-0.1, -0.05) is 36.4 Å². The van der Waals surface area contributed by atoms with Crippen molar-refractivity contribution in [2.24, 2.45) is 0 Å². The summed E-state index contributed by atoms with van der Waals surface area (Å²) in [5, 5.41) is 11.1. The number of hydrogen-bond donors (Lipinski definition) is 2. The Kier molecular flexibility index (Phi) is 7.80. The molecule has 0 atom stereocenters. The normalized spacial score (nSPS) is 13.1. The zero-order valence-electron chi connectivity index (χ0n) is 23.7. The van der Waals surface area contributed by atoms with Crippen molar-refractivity contribution in [2.75, 3.05) is 19.1 Å². The maximum Gasteiger partial charge on any atom is 0.420 e. The highest BCUT2D eigenvalue weighted by Gasteiger charge is 2.27. The maximum absolute atomic E-state index is 13.4. The second-order valence-corrected chi connectivity index (χ2v) is 10.9. The van der Waals surface area contributed by atoms with E-state index < -0.39 is 11.7 Å². The molecule has 208 valence electrons. The number of benzene rings is 3. The Balaban J connectivity index is 1.42.